The number of hydrogen-bond donors (Lipinski definition) is 1. The topological polar surface area (TPSA) is 55.8 Å². The summed E-state index contributed by atoms with van der Waals surface area (Å²) in [4.78, 5) is 9.92. The van der Waals surface area contributed by atoms with E-state index < -0.39 is 5.97 Å². The van der Waals surface area contributed by atoms with Gasteiger partial charge in [-0.15, -0.1) is 0 Å². The van der Waals surface area contributed by atoms with E-state index >= 15 is 0 Å². The summed E-state index contributed by atoms with van der Waals surface area (Å²) in [6.45, 7) is 1.33. The maximum absolute atomic E-state index is 9.92. The summed E-state index contributed by atoms with van der Waals surface area (Å²) < 4.78 is 9.65. The van der Waals surface area contributed by atoms with Crippen molar-refractivity contribution in [3.8, 4) is 0 Å². The number of carboxylic acids is 1. The van der Waals surface area contributed by atoms with Gasteiger partial charge in [0.05, 0.1) is 19.8 Å². The van der Waals surface area contributed by atoms with Crippen molar-refractivity contribution in [3.63, 3.8) is 0 Å². The number of hydrogen-bond acceptors (Lipinski definition) is 3. The van der Waals surface area contributed by atoms with E-state index in [9.17, 15) is 4.79 Å². The molecule has 0 bridgehead atoms. The zero-order valence-corrected chi connectivity index (χ0v) is 6.45. The van der Waals surface area contributed by atoms with Crippen LogP contribution < -0.4 is 0 Å². The summed E-state index contributed by atoms with van der Waals surface area (Å²) >= 11 is 0. The van der Waals surface area contributed by atoms with Crippen LogP contribution in [0.25, 0.3) is 0 Å². The summed E-state index contributed by atoms with van der Waals surface area (Å²) in [6.07, 6.45) is 2.49. The molecule has 0 amide bonds. The second-order valence-electron chi connectivity index (χ2n) is 1.81. The Labute approximate surface area is 65.4 Å². The molecule has 0 heterocycles. The van der Waals surface area contributed by atoms with Crippen LogP contribution in [-0.2, 0) is 14.3 Å². The van der Waals surface area contributed by atoms with E-state index in [1.54, 1.807) is 7.11 Å². The third-order valence-corrected chi connectivity index (χ3v) is 0.906. The molecule has 0 radical (unpaired) electrons. The Kier molecular flexibility index (Phi) is 6.67. The van der Waals surface area contributed by atoms with Gasteiger partial charge in [0.25, 0.3) is 0 Å². The van der Waals surface area contributed by atoms with E-state index in [0.717, 1.165) is 6.08 Å². The van der Waals surface area contributed by atoms with Crippen molar-refractivity contribution < 1.29 is 19.4 Å². The maximum atomic E-state index is 9.92. The first kappa shape index (κ1) is 10.1. The first-order valence-corrected chi connectivity index (χ1v) is 3.23. The smallest absolute Gasteiger partial charge is 0.328 e. The van der Waals surface area contributed by atoms with Crippen LogP contribution >= 0.6 is 0 Å². The van der Waals surface area contributed by atoms with Crippen molar-refractivity contribution >= 4 is 5.97 Å². The van der Waals surface area contributed by atoms with Crippen LogP contribution in [0.5, 0.6) is 0 Å². The fraction of sp³-hybridized carbons (Fsp3) is 0.571. The monoisotopic (exact) mass is 160 g/mol. The van der Waals surface area contributed by atoms with Crippen LogP contribution in [0.2, 0.25) is 0 Å². The van der Waals surface area contributed by atoms with Gasteiger partial charge in [0.2, 0.25) is 0 Å². The molecule has 4 nitrogen and oxygen atoms in total. The van der Waals surface area contributed by atoms with Gasteiger partial charge in [-0.1, -0.05) is 6.08 Å². The molecule has 0 aliphatic rings. The van der Waals surface area contributed by atoms with E-state index in [0.29, 0.717) is 19.8 Å². The van der Waals surface area contributed by atoms with Crippen molar-refractivity contribution in [2.45, 2.75) is 0 Å². The van der Waals surface area contributed by atoms with E-state index in [1.807, 2.05) is 0 Å². The Bertz CT molecular complexity index is 130. The molecule has 11 heavy (non-hydrogen) atoms. The molecule has 0 aliphatic carbocycles. The van der Waals surface area contributed by atoms with Crippen LogP contribution in [0.4, 0.5) is 0 Å². The summed E-state index contributed by atoms with van der Waals surface area (Å²) in [6, 6.07) is 0. The molecular formula is C7H12O4. The predicted molar refractivity (Wildman–Crippen MR) is 39.5 cm³/mol. The lowest BCUT2D eigenvalue weighted by Crippen LogP contribution is -2.01. The molecule has 0 atom stereocenters. The van der Waals surface area contributed by atoms with Gasteiger partial charge in [0.1, 0.15) is 0 Å². The number of rotatable bonds is 6. The molecule has 4 heteroatoms. The minimum absolute atomic E-state index is 0.315. The van der Waals surface area contributed by atoms with Crippen molar-refractivity contribution in [1.29, 1.82) is 0 Å². The Hall–Kier alpha value is -0.870. The summed E-state index contributed by atoms with van der Waals surface area (Å²) in [5, 5.41) is 8.15. The number of carbonyl (C=O) groups is 1. The quantitative estimate of drug-likeness (QED) is 0.448. The van der Waals surface area contributed by atoms with E-state index in [2.05, 4.69) is 0 Å². The van der Waals surface area contributed by atoms with Gasteiger partial charge < -0.3 is 14.6 Å². The zero-order valence-electron chi connectivity index (χ0n) is 6.45. The Balaban J connectivity index is 3.07. The van der Waals surface area contributed by atoms with Crippen molar-refractivity contribution in [3.05, 3.63) is 12.2 Å². The van der Waals surface area contributed by atoms with Gasteiger partial charge in [0.15, 0.2) is 0 Å². The summed E-state index contributed by atoms with van der Waals surface area (Å²) in [7, 11) is 1.58. The standard InChI is InChI=1S/C7H12O4/c1-10-5-6-11-4-2-3-7(8)9/h2-3H,4-6H2,1H3,(H,8,9)/b3-2+. The lowest BCUT2D eigenvalue weighted by Gasteiger charge is -1.97. The van der Waals surface area contributed by atoms with Crippen LogP contribution in [-0.4, -0.2) is 38.0 Å². The molecule has 0 aliphatic heterocycles. The maximum Gasteiger partial charge on any atom is 0.328 e. The van der Waals surface area contributed by atoms with E-state index in [-0.39, 0.29) is 0 Å². The number of methoxy groups -OCH3 is 1. The highest BCUT2D eigenvalue weighted by Gasteiger charge is 1.85. The molecular weight excluding hydrogens is 148 g/mol. The predicted octanol–water partition coefficient (Wildman–Crippen LogP) is 0.290. The molecule has 0 rings (SSSR count). The van der Waals surface area contributed by atoms with Gasteiger partial charge in [-0.05, 0) is 0 Å². The SMILES string of the molecule is COCCOC/C=C/C(=O)O. The van der Waals surface area contributed by atoms with Gasteiger partial charge in [-0.3, -0.25) is 0 Å². The molecule has 0 aromatic carbocycles. The molecule has 0 aromatic rings. The first-order valence-electron chi connectivity index (χ1n) is 3.23. The van der Waals surface area contributed by atoms with Crippen LogP contribution in [0, 0.1) is 0 Å². The van der Waals surface area contributed by atoms with E-state index in [1.165, 1.54) is 6.08 Å². The van der Waals surface area contributed by atoms with Gasteiger partial charge in [-0.25, -0.2) is 4.79 Å². The van der Waals surface area contributed by atoms with E-state index in [4.69, 9.17) is 14.6 Å². The minimum atomic E-state index is -0.958. The Morgan fingerprint density at radius 2 is 2.27 bits per heavy atom. The first-order chi connectivity index (χ1) is 5.27. The fourth-order valence-corrected chi connectivity index (χ4v) is 0.443. The minimum Gasteiger partial charge on any atom is -0.478 e. The fourth-order valence-electron chi connectivity index (χ4n) is 0.443. The highest BCUT2D eigenvalue weighted by Crippen LogP contribution is 1.78. The number of carboxylic acid groups (broad SMARTS) is 1. The van der Waals surface area contributed by atoms with Crippen molar-refractivity contribution in [2.75, 3.05) is 26.9 Å². The van der Waals surface area contributed by atoms with Crippen molar-refractivity contribution in [1.82, 2.24) is 0 Å². The number of ether oxygens (including phenoxy) is 2. The average Bonchev–Trinajstić information content (AvgIpc) is 1.96. The highest BCUT2D eigenvalue weighted by atomic mass is 16.5. The van der Waals surface area contributed by atoms with Crippen LogP contribution in [0.15, 0.2) is 12.2 Å². The molecule has 0 saturated heterocycles. The van der Waals surface area contributed by atoms with Crippen LogP contribution in [0.1, 0.15) is 0 Å². The van der Waals surface area contributed by atoms with Crippen molar-refractivity contribution in [2.24, 2.45) is 0 Å². The molecule has 0 spiro atoms. The molecule has 0 fully saturated rings. The average molecular weight is 160 g/mol. The second kappa shape index (κ2) is 7.24. The molecule has 0 aromatic heterocycles. The largest absolute Gasteiger partial charge is 0.478 e. The molecule has 0 unspecified atom stereocenters. The normalized spacial score (nSPS) is 10.6. The van der Waals surface area contributed by atoms with Gasteiger partial charge >= 0.3 is 5.97 Å². The molecule has 64 valence electrons. The molecule has 0 saturated carbocycles. The van der Waals surface area contributed by atoms with Crippen LogP contribution in [0.3, 0.4) is 0 Å². The van der Waals surface area contributed by atoms with Gasteiger partial charge in [0, 0.05) is 13.2 Å². The molecule has 1 N–H and O–H groups in total. The van der Waals surface area contributed by atoms with Gasteiger partial charge in [-0.2, -0.15) is 0 Å². The highest BCUT2D eigenvalue weighted by molar-refractivity contribution is 5.79. The third kappa shape index (κ3) is 9.13. The summed E-state index contributed by atoms with van der Waals surface area (Å²) in [5.41, 5.74) is 0. The Morgan fingerprint density at radius 3 is 2.82 bits per heavy atom. The lowest BCUT2D eigenvalue weighted by molar-refractivity contribution is -0.131. The Morgan fingerprint density at radius 1 is 1.55 bits per heavy atom. The second-order valence-corrected chi connectivity index (χ2v) is 1.81. The lowest BCUT2D eigenvalue weighted by atomic mass is 10.5. The zero-order chi connectivity index (χ0) is 8.53. The third-order valence-electron chi connectivity index (χ3n) is 0.906. The summed E-state index contributed by atoms with van der Waals surface area (Å²) in [5.74, 6) is -0.958. The number of aliphatic carboxylic acids is 1.